The summed E-state index contributed by atoms with van der Waals surface area (Å²) < 4.78 is 0. The Labute approximate surface area is 97.4 Å². The first-order valence-corrected chi connectivity index (χ1v) is 6.23. The van der Waals surface area contributed by atoms with Crippen molar-refractivity contribution in [2.24, 2.45) is 23.5 Å². The Kier molecular flexibility index (Phi) is 2.21. The first-order chi connectivity index (χ1) is 7.72. The third kappa shape index (κ3) is 1.36. The number of hydrogen-bond acceptors (Lipinski definition) is 2. The van der Waals surface area contributed by atoms with Gasteiger partial charge >= 0.3 is 0 Å². The van der Waals surface area contributed by atoms with Crippen molar-refractivity contribution in [2.45, 2.75) is 13.8 Å². The van der Waals surface area contributed by atoms with Gasteiger partial charge in [0.2, 0.25) is 0 Å². The quantitative estimate of drug-likeness (QED) is 0.818. The van der Waals surface area contributed by atoms with E-state index in [4.69, 9.17) is 5.73 Å². The highest BCUT2D eigenvalue weighted by molar-refractivity contribution is 5.57. The Morgan fingerprint density at radius 1 is 1.25 bits per heavy atom. The molecule has 1 aliphatic heterocycles. The van der Waals surface area contributed by atoms with Crippen molar-refractivity contribution in [1.82, 2.24) is 0 Å². The molecule has 2 fully saturated rings. The summed E-state index contributed by atoms with van der Waals surface area (Å²) >= 11 is 0. The van der Waals surface area contributed by atoms with Gasteiger partial charge in [0, 0.05) is 18.8 Å². The van der Waals surface area contributed by atoms with Gasteiger partial charge < -0.3 is 10.6 Å². The summed E-state index contributed by atoms with van der Waals surface area (Å²) in [4.78, 5) is 2.55. The fourth-order valence-corrected chi connectivity index (χ4v) is 3.27. The normalized spacial score (nSPS) is 31.7. The first kappa shape index (κ1) is 10.2. The summed E-state index contributed by atoms with van der Waals surface area (Å²) in [5, 5.41) is 0. The topological polar surface area (TPSA) is 29.3 Å². The van der Waals surface area contributed by atoms with Crippen LogP contribution in [0.25, 0.3) is 0 Å². The minimum absolute atomic E-state index is 0.821. The van der Waals surface area contributed by atoms with Crippen LogP contribution in [0.2, 0.25) is 0 Å². The van der Waals surface area contributed by atoms with Gasteiger partial charge in [0.05, 0.1) is 0 Å². The van der Waals surface area contributed by atoms with E-state index in [9.17, 15) is 0 Å². The maximum absolute atomic E-state index is 5.74. The van der Waals surface area contributed by atoms with Crippen LogP contribution < -0.4 is 10.6 Å². The van der Waals surface area contributed by atoms with Crippen LogP contribution in [0.3, 0.4) is 0 Å². The minimum Gasteiger partial charge on any atom is -0.371 e. The third-order valence-electron chi connectivity index (χ3n) is 4.56. The molecule has 2 N–H and O–H groups in total. The summed E-state index contributed by atoms with van der Waals surface area (Å²) in [6.07, 6.45) is 0. The molecule has 16 heavy (non-hydrogen) atoms. The second-order valence-corrected chi connectivity index (χ2v) is 5.35. The van der Waals surface area contributed by atoms with Gasteiger partial charge in [0.1, 0.15) is 0 Å². The average Bonchev–Trinajstić information content (AvgIpc) is 2.75. The van der Waals surface area contributed by atoms with Crippen molar-refractivity contribution < 1.29 is 0 Å². The van der Waals surface area contributed by atoms with Crippen LogP contribution in [0.1, 0.15) is 11.1 Å². The van der Waals surface area contributed by atoms with Crippen LogP contribution in [0.4, 0.5) is 5.69 Å². The van der Waals surface area contributed by atoms with Crippen LogP contribution >= 0.6 is 0 Å². The lowest BCUT2D eigenvalue weighted by atomic mass is 10.1. The smallest absolute Gasteiger partial charge is 0.0398 e. The second-order valence-electron chi connectivity index (χ2n) is 5.35. The van der Waals surface area contributed by atoms with Gasteiger partial charge in [-0.2, -0.15) is 0 Å². The zero-order chi connectivity index (χ0) is 11.3. The van der Waals surface area contributed by atoms with E-state index in [1.807, 2.05) is 0 Å². The van der Waals surface area contributed by atoms with Crippen LogP contribution in [0.15, 0.2) is 18.2 Å². The highest BCUT2D eigenvalue weighted by atomic mass is 15.2. The second kappa shape index (κ2) is 3.49. The number of rotatable bonds is 2. The van der Waals surface area contributed by atoms with Gasteiger partial charge in [-0.3, -0.25) is 0 Å². The van der Waals surface area contributed by atoms with E-state index >= 15 is 0 Å². The number of aryl methyl sites for hydroxylation is 1. The van der Waals surface area contributed by atoms with E-state index in [1.165, 1.54) is 29.9 Å². The molecule has 2 nitrogen and oxygen atoms in total. The molecule has 1 aliphatic carbocycles. The van der Waals surface area contributed by atoms with E-state index < -0.39 is 0 Å². The van der Waals surface area contributed by atoms with Gasteiger partial charge in [-0.25, -0.2) is 0 Å². The lowest BCUT2D eigenvalue weighted by Crippen LogP contribution is -2.26. The number of piperidine rings is 1. The molecule has 1 aromatic rings. The number of fused-ring (bicyclic) bond motifs is 1. The third-order valence-corrected chi connectivity index (χ3v) is 4.56. The molecule has 0 radical (unpaired) electrons. The van der Waals surface area contributed by atoms with Gasteiger partial charge in [-0.05, 0) is 55.3 Å². The van der Waals surface area contributed by atoms with Gasteiger partial charge in [-0.1, -0.05) is 12.1 Å². The molecule has 1 saturated heterocycles. The highest BCUT2D eigenvalue weighted by Crippen LogP contribution is 2.52. The van der Waals surface area contributed by atoms with Crippen molar-refractivity contribution in [1.29, 1.82) is 0 Å². The monoisotopic (exact) mass is 216 g/mol. The molecule has 2 heteroatoms. The fraction of sp³-hybridized carbons (Fsp3) is 0.571. The maximum Gasteiger partial charge on any atom is 0.0398 e. The zero-order valence-corrected chi connectivity index (χ0v) is 10.1. The lowest BCUT2D eigenvalue weighted by Gasteiger charge is -2.24. The highest BCUT2D eigenvalue weighted by Gasteiger charge is 2.54. The van der Waals surface area contributed by atoms with Gasteiger partial charge in [0.25, 0.3) is 0 Å². The lowest BCUT2D eigenvalue weighted by molar-refractivity contribution is 0.647. The van der Waals surface area contributed by atoms with Crippen molar-refractivity contribution in [3.05, 3.63) is 29.3 Å². The van der Waals surface area contributed by atoms with Gasteiger partial charge in [0.15, 0.2) is 0 Å². The van der Waals surface area contributed by atoms with Crippen LogP contribution in [0.5, 0.6) is 0 Å². The molecule has 0 spiro atoms. The van der Waals surface area contributed by atoms with Crippen molar-refractivity contribution in [2.75, 3.05) is 24.5 Å². The summed E-state index contributed by atoms with van der Waals surface area (Å²) in [5.41, 5.74) is 10.0. The molecule has 2 unspecified atom stereocenters. The maximum atomic E-state index is 5.74. The number of benzene rings is 1. The Morgan fingerprint density at radius 3 is 2.56 bits per heavy atom. The summed E-state index contributed by atoms with van der Waals surface area (Å²) in [6.45, 7) is 7.75. The number of anilines is 1. The molecule has 2 aliphatic rings. The van der Waals surface area contributed by atoms with E-state index in [0.29, 0.717) is 0 Å². The van der Waals surface area contributed by atoms with E-state index in [2.05, 4.69) is 36.9 Å². The van der Waals surface area contributed by atoms with E-state index in [1.54, 1.807) is 0 Å². The number of hydrogen-bond donors (Lipinski definition) is 1. The van der Waals surface area contributed by atoms with Crippen molar-refractivity contribution in [3.8, 4) is 0 Å². The number of nitrogens with zero attached hydrogens (tertiary/aromatic N) is 1. The summed E-state index contributed by atoms with van der Waals surface area (Å²) in [6, 6.07) is 6.62. The molecule has 1 heterocycles. The SMILES string of the molecule is Cc1cccc(N2CC3C(CN)C3C2)c1C. The molecule has 1 saturated carbocycles. The average molecular weight is 216 g/mol. The minimum atomic E-state index is 0.821. The van der Waals surface area contributed by atoms with Crippen LogP contribution in [-0.4, -0.2) is 19.6 Å². The molecule has 3 rings (SSSR count). The van der Waals surface area contributed by atoms with Crippen molar-refractivity contribution in [3.63, 3.8) is 0 Å². The molecule has 1 aromatic carbocycles. The largest absolute Gasteiger partial charge is 0.371 e. The molecule has 2 atom stereocenters. The van der Waals surface area contributed by atoms with E-state index in [0.717, 1.165) is 24.3 Å². The van der Waals surface area contributed by atoms with Crippen LogP contribution in [0, 0.1) is 31.6 Å². The van der Waals surface area contributed by atoms with E-state index in [-0.39, 0.29) is 0 Å². The summed E-state index contributed by atoms with van der Waals surface area (Å²) in [7, 11) is 0. The molecule has 86 valence electrons. The standard InChI is InChI=1S/C14H20N2/c1-9-4-3-5-14(10(9)2)16-7-12-11(6-15)13(12)8-16/h3-5,11-13H,6-8,15H2,1-2H3. The number of nitrogens with two attached hydrogens (primary N) is 1. The van der Waals surface area contributed by atoms with Crippen LogP contribution in [-0.2, 0) is 0 Å². The molecular formula is C14H20N2. The molecular weight excluding hydrogens is 196 g/mol. The van der Waals surface area contributed by atoms with Crippen molar-refractivity contribution >= 4 is 5.69 Å². The Bertz CT molecular complexity index is 401. The Morgan fingerprint density at radius 2 is 1.94 bits per heavy atom. The predicted octanol–water partition coefficient (Wildman–Crippen LogP) is 1.94. The molecule has 0 bridgehead atoms. The Balaban J connectivity index is 1.79. The molecule has 0 aromatic heterocycles. The first-order valence-electron chi connectivity index (χ1n) is 6.23. The Hall–Kier alpha value is -1.02. The zero-order valence-electron chi connectivity index (χ0n) is 10.1. The molecule has 0 amide bonds. The fourth-order valence-electron chi connectivity index (χ4n) is 3.27. The summed E-state index contributed by atoms with van der Waals surface area (Å²) in [5.74, 6) is 2.58. The van der Waals surface area contributed by atoms with Gasteiger partial charge in [-0.15, -0.1) is 0 Å². The predicted molar refractivity (Wildman–Crippen MR) is 67.7 cm³/mol.